The zero-order chi connectivity index (χ0) is 14.4. The number of pyridine rings is 2. The molecule has 1 aliphatic rings. The van der Waals surface area contributed by atoms with E-state index in [4.69, 9.17) is 5.73 Å². The average Bonchev–Trinajstić information content (AvgIpc) is 2.91. The van der Waals surface area contributed by atoms with Crippen LogP contribution in [0.25, 0.3) is 22.4 Å². The van der Waals surface area contributed by atoms with Crippen LogP contribution >= 0.6 is 0 Å². The SMILES string of the molecule is NC1=CC(F)Cc2cnc(-n3ccc4ccncc43)cc21. The van der Waals surface area contributed by atoms with E-state index < -0.39 is 6.17 Å². The van der Waals surface area contributed by atoms with Gasteiger partial charge in [-0.25, -0.2) is 9.37 Å². The molecule has 0 aliphatic heterocycles. The summed E-state index contributed by atoms with van der Waals surface area (Å²) in [7, 11) is 0. The van der Waals surface area contributed by atoms with E-state index >= 15 is 0 Å². The summed E-state index contributed by atoms with van der Waals surface area (Å²) in [5, 5.41) is 1.09. The maximum Gasteiger partial charge on any atom is 0.137 e. The number of nitrogens with zero attached hydrogens (tertiary/aromatic N) is 3. The summed E-state index contributed by atoms with van der Waals surface area (Å²) in [6.45, 7) is 0. The highest BCUT2D eigenvalue weighted by Gasteiger charge is 2.19. The Labute approximate surface area is 120 Å². The molecule has 3 heterocycles. The van der Waals surface area contributed by atoms with Gasteiger partial charge in [-0.1, -0.05) is 0 Å². The molecule has 1 atom stereocenters. The second-order valence-corrected chi connectivity index (χ2v) is 5.16. The number of halogens is 1. The monoisotopic (exact) mass is 280 g/mol. The van der Waals surface area contributed by atoms with Crippen molar-refractivity contribution in [1.82, 2.24) is 14.5 Å². The molecule has 5 heteroatoms. The molecule has 0 aromatic carbocycles. The van der Waals surface area contributed by atoms with Gasteiger partial charge in [-0.05, 0) is 29.8 Å². The summed E-state index contributed by atoms with van der Waals surface area (Å²) in [6.07, 6.45) is 7.98. The summed E-state index contributed by atoms with van der Waals surface area (Å²) in [4.78, 5) is 8.59. The van der Waals surface area contributed by atoms with Gasteiger partial charge in [0.15, 0.2) is 0 Å². The molecule has 4 rings (SSSR count). The summed E-state index contributed by atoms with van der Waals surface area (Å²) in [5.41, 5.74) is 9.10. The van der Waals surface area contributed by atoms with Gasteiger partial charge in [0.2, 0.25) is 0 Å². The van der Waals surface area contributed by atoms with Gasteiger partial charge < -0.3 is 5.73 Å². The zero-order valence-corrected chi connectivity index (χ0v) is 11.2. The molecule has 0 saturated carbocycles. The molecule has 3 aromatic rings. The van der Waals surface area contributed by atoms with Gasteiger partial charge in [-0.2, -0.15) is 0 Å². The van der Waals surface area contributed by atoms with Crippen LogP contribution in [0.3, 0.4) is 0 Å². The van der Waals surface area contributed by atoms with Gasteiger partial charge in [0.25, 0.3) is 0 Å². The highest BCUT2D eigenvalue weighted by atomic mass is 19.1. The molecule has 0 fully saturated rings. The molecule has 1 unspecified atom stereocenters. The van der Waals surface area contributed by atoms with E-state index in [9.17, 15) is 4.39 Å². The quantitative estimate of drug-likeness (QED) is 0.745. The standard InChI is InChI=1S/C16H13FN4/c17-12-5-11-8-20-16(7-13(11)14(18)6-12)21-4-2-10-1-3-19-9-15(10)21/h1-4,6-9,12H,5,18H2. The molecule has 2 N–H and O–H groups in total. The van der Waals surface area contributed by atoms with Gasteiger partial charge in [0.05, 0.1) is 11.7 Å². The number of allylic oxidation sites excluding steroid dienone is 1. The van der Waals surface area contributed by atoms with E-state index in [-0.39, 0.29) is 0 Å². The Morgan fingerprint density at radius 3 is 3.10 bits per heavy atom. The van der Waals surface area contributed by atoms with Crippen molar-refractivity contribution in [2.75, 3.05) is 0 Å². The van der Waals surface area contributed by atoms with Crippen molar-refractivity contribution in [3.05, 3.63) is 60.2 Å². The van der Waals surface area contributed by atoms with Crippen molar-refractivity contribution in [1.29, 1.82) is 0 Å². The number of hydrogen-bond donors (Lipinski definition) is 1. The van der Waals surface area contributed by atoms with E-state index in [0.29, 0.717) is 12.1 Å². The Hall–Kier alpha value is -2.69. The first kappa shape index (κ1) is 12.1. The summed E-state index contributed by atoms with van der Waals surface area (Å²) >= 11 is 0. The van der Waals surface area contributed by atoms with Crippen LogP contribution in [0, 0.1) is 0 Å². The number of hydrogen-bond acceptors (Lipinski definition) is 3. The van der Waals surface area contributed by atoms with Crippen molar-refractivity contribution in [2.24, 2.45) is 5.73 Å². The lowest BCUT2D eigenvalue weighted by molar-refractivity contribution is 0.395. The number of alkyl halides is 1. The number of fused-ring (bicyclic) bond motifs is 2. The van der Waals surface area contributed by atoms with Crippen LogP contribution in [0.15, 0.2) is 49.1 Å². The maximum absolute atomic E-state index is 13.5. The lowest BCUT2D eigenvalue weighted by Crippen LogP contribution is -2.15. The van der Waals surface area contributed by atoms with Crippen LogP contribution in [0.4, 0.5) is 4.39 Å². The molecular formula is C16H13FN4. The van der Waals surface area contributed by atoms with Crippen LogP contribution in [-0.2, 0) is 6.42 Å². The number of nitrogens with two attached hydrogens (primary N) is 1. The van der Waals surface area contributed by atoms with Gasteiger partial charge in [0, 0.05) is 41.7 Å². The van der Waals surface area contributed by atoms with E-state index in [1.165, 1.54) is 6.08 Å². The normalized spacial score (nSPS) is 17.6. The third-order valence-electron chi connectivity index (χ3n) is 3.80. The molecule has 1 aliphatic carbocycles. The van der Waals surface area contributed by atoms with Crippen molar-refractivity contribution in [3.63, 3.8) is 0 Å². The lowest BCUT2D eigenvalue weighted by Gasteiger charge is -2.18. The highest BCUT2D eigenvalue weighted by molar-refractivity contribution is 5.81. The van der Waals surface area contributed by atoms with E-state index in [1.54, 1.807) is 18.6 Å². The summed E-state index contributed by atoms with van der Waals surface area (Å²) in [5.74, 6) is 0.755. The molecule has 0 radical (unpaired) electrons. The molecule has 0 spiro atoms. The average molecular weight is 280 g/mol. The fourth-order valence-corrected chi connectivity index (χ4v) is 2.76. The number of aromatic nitrogens is 3. The topological polar surface area (TPSA) is 56.7 Å². The second kappa shape index (κ2) is 4.41. The minimum absolute atomic E-state index is 0.331. The molecule has 0 amide bonds. The molecule has 21 heavy (non-hydrogen) atoms. The van der Waals surface area contributed by atoms with E-state index in [0.717, 1.165) is 27.8 Å². The van der Waals surface area contributed by atoms with Gasteiger partial charge in [-0.15, -0.1) is 0 Å². The predicted octanol–water partition coefficient (Wildman–Crippen LogP) is 2.61. The minimum atomic E-state index is -1.03. The molecule has 0 saturated heterocycles. The second-order valence-electron chi connectivity index (χ2n) is 5.16. The summed E-state index contributed by atoms with van der Waals surface area (Å²) in [6, 6.07) is 5.86. The van der Waals surface area contributed by atoms with E-state index in [2.05, 4.69) is 9.97 Å². The fourth-order valence-electron chi connectivity index (χ4n) is 2.76. The molecule has 104 valence electrons. The predicted molar refractivity (Wildman–Crippen MR) is 79.6 cm³/mol. The largest absolute Gasteiger partial charge is 0.398 e. The highest BCUT2D eigenvalue weighted by Crippen LogP contribution is 2.27. The van der Waals surface area contributed by atoms with Crippen molar-refractivity contribution < 1.29 is 4.39 Å². The van der Waals surface area contributed by atoms with Crippen LogP contribution in [-0.4, -0.2) is 20.7 Å². The first-order valence-electron chi connectivity index (χ1n) is 6.74. The summed E-state index contributed by atoms with van der Waals surface area (Å²) < 4.78 is 15.5. The maximum atomic E-state index is 13.5. The Morgan fingerprint density at radius 2 is 2.19 bits per heavy atom. The third kappa shape index (κ3) is 1.89. The van der Waals surface area contributed by atoms with Gasteiger partial charge in [-0.3, -0.25) is 9.55 Å². The molecule has 0 bridgehead atoms. The Balaban J connectivity index is 1.89. The van der Waals surface area contributed by atoms with Crippen LogP contribution in [0.2, 0.25) is 0 Å². The third-order valence-corrected chi connectivity index (χ3v) is 3.80. The van der Waals surface area contributed by atoms with Gasteiger partial charge >= 0.3 is 0 Å². The first-order chi connectivity index (χ1) is 10.2. The first-order valence-corrected chi connectivity index (χ1v) is 6.74. The smallest absolute Gasteiger partial charge is 0.137 e. The zero-order valence-electron chi connectivity index (χ0n) is 11.2. The minimum Gasteiger partial charge on any atom is -0.398 e. The van der Waals surface area contributed by atoms with Crippen molar-refractivity contribution in [2.45, 2.75) is 12.6 Å². The van der Waals surface area contributed by atoms with Crippen LogP contribution in [0.5, 0.6) is 0 Å². The van der Waals surface area contributed by atoms with Crippen molar-refractivity contribution >= 4 is 16.6 Å². The van der Waals surface area contributed by atoms with Crippen LogP contribution < -0.4 is 5.73 Å². The van der Waals surface area contributed by atoms with Crippen molar-refractivity contribution in [3.8, 4) is 5.82 Å². The van der Waals surface area contributed by atoms with E-state index in [1.807, 2.05) is 29.0 Å². The van der Waals surface area contributed by atoms with Crippen LogP contribution in [0.1, 0.15) is 11.1 Å². The molecule has 3 aromatic heterocycles. The Morgan fingerprint density at radius 1 is 1.29 bits per heavy atom. The Bertz CT molecular complexity index is 866. The fraction of sp³-hybridized carbons (Fsp3) is 0.125. The molecule has 4 nitrogen and oxygen atoms in total. The van der Waals surface area contributed by atoms with Gasteiger partial charge in [0.1, 0.15) is 12.0 Å². The molecular weight excluding hydrogens is 267 g/mol. The Kier molecular flexibility index (Phi) is 2.54. The lowest BCUT2D eigenvalue weighted by atomic mass is 9.96. The number of rotatable bonds is 1.